The van der Waals surface area contributed by atoms with Crippen LogP contribution >= 0.6 is 23.1 Å². The van der Waals surface area contributed by atoms with Gasteiger partial charge in [0.2, 0.25) is 0 Å². The molecule has 4 rings (SSSR count). The van der Waals surface area contributed by atoms with Crippen molar-refractivity contribution in [2.45, 2.75) is 30.5 Å². The summed E-state index contributed by atoms with van der Waals surface area (Å²) < 4.78 is 41.3. The van der Waals surface area contributed by atoms with E-state index in [0.29, 0.717) is 50.3 Å². The third kappa shape index (κ3) is 4.76. The Labute approximate surface area is 195 Å². The zero-order valence-electron chi connectivity index (χ0n) is 18.0. The van der Waals surface area contributed by atoms with Crippen LogP contribution in [0.15, 0.2) is 26.3 Å². The van der Waals surface area contributed by atoms with Gasteiger partial charge < -0.3 is 25.1 Å². The van der Waals surface area contributed by atoms with E-state index in [1.54, 1.807) is 11.6 Å². The molecule has 0 radical (unpaired) electrons. The number of aromatic nitrogens is 2. The predicted molar refractivity (Wildman–Crippen MR) is 126 cm³/mol. The minimum atomic E-state index is -3.76. The van der Waals surface area contributed by atoms with Crippen LogP contribution in [0.4, 0.5) is 17.3 Å². The van der Waals surface area contributed by atoms with E-state index in [-0.39, 0.29) is 15.6 Å². The molecule has 0 aromatic carbocycles. The average molecular weight is 499 g/mol. The maximum absolute atomic E-state index is 13.0. The molecule has 0 unspecified atom stereocenters. The maximum atomic E-state index is 13.0. The number of sulfonamides is 1. The smallest absolute Gasteiger partial charge is 0.256 e. The molecule has 1 aliphatic heterocycles. The van der Waals surface area contributed by atoms with Crippen LogP contribution in [0.1, 0.15) is 31.1 Å². The van der Waals surface area contributed by atoms with Crippen LogP contribution in [0, 0.1) is 0 Å². The second-order valence-electron chi connectivity index (χ2n) is 7.93. The van der Waals surface area contributed by atoms with Gasteiger partial charge in [-0.05, 0) is 24.6 Å². The van der Waals surface area contributed by atoms with E-state index in [0.717, 1.165) is 34.4 Å². The minimum Gasteiger partial charge on any atom is -0.504 e. The molecule has 0 amide bonds. The fourth-order valence-corrected chi connectivity index (χ4v) is 6.51. The number of anilines is 3. The molecule has 1 saturated heterocycles. The number of nitrogens with zero attached hydrogens (tertiary/aromatic N) is 4. The lowest BCUT2D eigenvalue weighted by Gasteiger charge is -2.31. The molecule has 32 heavy (non-hydrogen) atoms. The number of hydrogen-bond donors (Lipinski definition) is 3. The van der Waals surface area contributed by atoms with E-state index in [2.05, 4.69) is 38.1 Å². The Balaban J connectivity index is 1.45. The first-order valence-electron chi connectivity index (χ1n) is 10.2. The fourth-order valence-electron chi connectivity index (χ4n) is 3.23. The topological polar surface area (TPSA) is 124 Å². The van der Waals surface area contributed by atoms with Gasteiger partial charge in [0, 0.05) is 31.6 Å². The fraction of sp³-hybridized carbons (Fsp3) is 0.474. The Hall–Kier alpha value is -2.19. The summed E-state index contributed by atoms with van der Waals surface area (Å²) in [6.45, 7) is 6.72. The van der Waals surface area contributed by atoms with Crippen molar-refractivity contribution in [3.8, 4) is 5.75 Å². The van der Waals surface area contributed by atoms with E-state index in [1.807, 2.05) is 13.1 Å². The lowest BCUT2D eigenvalue weighted by atomic mass is 10.1. The van der Waals surface area contributed by atoms with Gasteiger partial charge in [0.1, 0.15) is 5.76 Å². The lowest BCUT2D eigenvalue weighted by molar-refractivity contribution is 0.222. The van der Waals surface area contributed by atoms with Crippen molar-refractivity contribution in [2.75, 3.05) is 43.9 Å². The van der Waals surface area contributed by atoms with Gasteiger partial charge in [0.05, 0.1) is 30.2 Å². The van der Waals surface area contributed by atoms with E-state index in [1.165, 1.54) is 4.31 Å². The highest BCUT2D eigenvalue weighted by Gasteiger charge is 2.32. The maximum Gasteiger partial charge on any atom is 0.256 e. The van der Waals surface area contributed by atoms with Gasteiger partial charge in [0.15, 0.2) is 21.6 Å². The molecule has 0 atom stereocenters. The second-order valence-corrected chi connectivity index (χ2v) is 11.5. The average Bonchev–Trinajstić information content (AvgIpc) is 3.48. The van der Waals surface area contributed by atoms with Crippen molar-refractivity contribution in [1.82, 2.24) is 18.0 Å². The highest BCUT2D eigenvalue weighted by Crippen LogP contribution is 2.41. The zero-order chi connectivity index (χ0) is 22.9. The van der Waals surface area contributed by atoms with Crippen molar-refractivity contribution in [1.29, 1.82) is 0 Å². The zero-order valence-corrected chi connectivity index (χ0v) is 20.5. The summed E-state index contributed by atoms with van der Waals surface area (Å²) in [5, 5.41) is 18.4. The van der Waals surface area contributed by atoms with E-state index < -0.39 is 10.0 Å². The van der Waals surface area contributed by atoms with E-state index >= 15 is 0 Å². The number of likely N-dealkylation sites (N-methyl/N-ethyl adjacent to an activating group) is 1. The van der Waals surface area contributed by atoms with Gasteiger partial charge in [-0.25, -0.2) is 8.42 Å². The lowest BCUT2D eigenvalue weighted by Crippen LogP contribution is -2.46. The molecular weight excluding hydrogens is 472 g/mol. The molecular formula is C19H26N6O4S3. The molecule has 4 heterocycles. The van der Waals surface area contributed by atoms with Crippen molar-refractivity contribution in [3.05, 3.63) is 29.0 Å². The van der Waals surface area contributed by atoms with Crippen LogP contribution in [0.2, 0.25) is 0 Å². The molecule has 0 bridgehead atoms. The van der Waals surface area contributed by atoms with Gasteiger partial charge in [0.25, 0.3) is 10.0 Å². The Kier molecular flexibility index (Phi) is 6.72. The molecule has 10 nitrogen and oxygen atoms in total. The number of hydrogen-bond acceptors (Lipinski definition) is 11. The number of rotatable bonds is 8. The van der Waals surface area contributed by atoms with Crippen LogP contribution in [0.25, 0.3) is 0 Å². The standard InChI is InChI=1S/C19H26N6O4S3/c1-12(2)13-8-14(29-10-13)9-20-17-18(23-31-22-17)21-15-11-30-19(16(15)26)32(27,28)25-6-4-24(3)5-7-25/h8,10-12,26H,4-7,9H2,1-3H3,(H,20,22)(H,21,23). The van der Waals surface area contributed by atoms with Gasteiger partial charge in [-0.1, -0.05) is 13.8 Å². The second kappa shape index (κ2) is 9.35. The summed E-state index contributed by atoms with van der Waals surface area (Å²) in [6.07, 6.45) is 1.74. The summed E-state index contributed by atoms with van der Waals surface area (Å²) in [4.78, 5) is 2.07. The largest absolute Gasteiger partial charge is 0.504 e. The van der Waals surface area contributed by atoms with Crippen molar-refractivity contribution in [3.63, 3.8) is 0 Å². The molecule has 0 aliphatic carbocycles. The molecule has 0 saturated carbocycles. The normalized spacial score (nSPS) is 16.0. The van der Waals surface area contributed by atoms with Crippen molar-refractivity contribution in [2.24, 2.45) is 0 Å². The summed E-state index contributed by atoms with van der Waals surface area (Å²) in [6, 6.07) is 1.99. The molecule has 0 spiro atoms. The molecule has 174 valence electrons. The first-order chi connectivity index (χ1) is 15.3. The van der Waals surface area contributed by atoms with Crippen LogP contribution in [0.3, 0.4) is 0 Å². The number of aromatic hydroxyl groups is 1. The molecule has 3 aromatic rings. The molecule has 1 fully saturated rings. The monoisotopic (exact) mass is 498 g/mol. The predicted octanol–water partition coefficient (Wildman–Crippen LogP) is 3.31. The van der Waals surface area contributed by atoms with Gasteiger partial charge in [-0.3, -0.25) is 0 Å². The molecule has 3 N–H and O–H groups in total. The SMILES string of the molecule is CC(C)c1coc(CNc2nsnc2Nc2csc(S(=O)(=O)N3CCN(C)CC3)c2O)c1. The Morgan fingerprint density at radius 1 is 1.22 bits per heavy atom. The number of nitrogens with one attached hydrogen (secondary N) is 2. The summed E-state index contributed by atoms with van der Waals surface area (Å²) in [7, 11) is -1.81. The highest BCUT2D eigenvalue weighted by molar-refractivity contribution is 7.91. The van der Waals surface area contributed by atoms with E-state index in [4.69, 9.17) is 4.42 Å². The summed E-state index contributed by atoms with van der Waals surface area (Å²) >= 11 is 1.99. The molecule has 1 aliphatic rings. The Morgan fingerprint density at radius 2 is 1.94 bits per heavy atom. The van der Waals surface area contributed by atoms with Crippen molar-refractivity contribution < 1.29 is 17.9 Å². The Bertz CT molecular complexity index is 1160. The highest BCUT2D eigenvalue weighted by atomic mass is 32.2. The first-order valence-corrected chi connectivity index (χ1v) is 13.2. The van der Waals surface area contributed by atoms with Gasteiger partial charge in [-0.2, -0.15) is 13.1 Å². The quantitative estimate of drug-likeness (QED) is 0.429. The van der Waals surface area contributed by atoms with Crippen molar-refractivity contribution >= 4 is 50.4 Å². The number of piperazine rings is 1. The Morgan fingerprint density at radius 3 is 2.62 bits per heavy atom. The summed E-state index contributed by atoms with van der Waals surface area (Å²) in [5.74, 6) is 1.74. The third-order valence-electron chi connectivity index (χ3n) is 5.28. The van der Waals surface area contributed by atoms with Crippen LogP contribution in [-0.2, 0) is 16.6 Å². The third-order valence-corrected chi connectivity index (χ3v) is 9.20. The van der Waals surface area contributed by atoms with Gasteiger partial charge in [-0.15, -0.1) is 11.3 Å². The van der Waals surface area contributed by atoms with Crippen LogP contribution in [-0.4, -0.2) is 64.7 Å². The van der Waals surface area contributed by atoms with E-state index in [9.17, 15) is 13.5 Å². The molecule has 13 heteroatoms. The molecule has 3 aromatic heterocycles. The summed E-state index contributed by atoms with van der Waals surface area (Å²) in [5.41, 5.74) is 1.40. The van der Waals surface area contributed by atoms with Crippen LogP contribution < -0.4 is 10.6 Å². The number of furan rings is 1. The van der Waals surface area contributed by atoms with Gasteiger partial charge >= 0.3 is 0 Å². The van der Waals surface area contributed by atoms with Crippen LogP contribution in [0.5, 0.6) is 5.75 Å². The number of thiophene rings is 1. The minimum absolute atomic E-state index is 0.0703. The first kappa shape index (κ1) is 23.0.